The first-order chi connectivity index (χ1) is 12.1. The fourth-order valence-corrected chi connectivity index (χ4v) is 2.12. The molecule has 0 spiro atoms. The van der Waals surface area contributed by atoms with Crippen molar-refractivity contribution in [2.45, 2.75) is 13.3 Å². The molecular weight excluding hydrogens is 316 g/mol. The topological polar surface area (TPSA) is 67.4 Å². The fraction of sp³-hybridized carbons (Fsp3) is 0.200. The SMILES string of the molecule is CCCNC(=O)c1ccc(NC(=O)/C=C/c2ccc(OC)cc2)cc1. The number of amides is 2. The largest absolute Gasteiger partial charge is 0.497 e. The molecule has 0 radical (unpaired) electrons. The number of carbonyl (C=O) groups excluding carboxylic acids is 2. The Balaban J connectivity index is 1.91. The number of nitrogens with one attached hydrogen (secondary N) is 2. The van der Waals surface area contributed by atoms with Crippen molar-refractivity contribution in [1.82, 2.24) is 5.32 Å². The van der Waals surface area contributed by atoms with Gasteiger partial charge in [0.1, 0.15) is 5.75 Å². The van der Waals surface area contributed by atoms with E-state index >= 15 is 0 Å². The summed E-state index contributed by atoms with van der Waals surface area (Å²) >= 11 is 0. The maximum Gasteiger partial charge on any atom is 0.251 e. The number of rotatable bonds is 7. The Kier molecular flexibility index (Phi) is 6.77. The quantitative estimate of drug-likeness (QED) is 0.760. The van der Waals surface area contributed by atoms with E-state index < -0.39 is 0 Å². The van der Waals surface area contributed by atoms with E-state index in [1.54, 1.807) is 37.5 Å². The molecule has 0 aliphatic heterocycles. The number of benzene rings is 2. The second-order valence-electron chi connectivity index (χ2n) is 5.43. The van der Waals surface area contributed by atoms with Gasteiger partial charge in [-0.3, -0.25) is 9.59 Å². The number of hydrogen-bond donors (Lipinski definition) is 2. The Labute approximate surface area is 147 Å². The normalized spacial score (nSPS) is 10.5. The van der Waals surface area contributed by atoms with Crippen molar-refractivity contribution in [3.05, 3.63) is 65.7 Å². The van der Waals surface area contributed by atoms with Crippen LogP contribution in [0.5, 0.6) is 5.75 Å². The lowest BCUT2D eigenvalue weighted by Crippen LogP contribution is -2.23. The molecule has 130 valence electrons. The van der Waals surface area contributed by atoms with Crippen LogP contribution in [0.3, 0.4) is 0 Å². The number of methoxy groups -OCH3 is 1. The molecule has 0 atom stereocenters. The minimum Gasteiger partial charge on any atom is -0.497 e. The minimum atomic E-state index is -0.237. The van der Waals surface area contributed by atoms with Gasteiger partial charge in [-0.2, -0.15) is 0 Å². The van der Waals surface area contributed by atoms with E-state index in [-0.39, 0.29) is 11.8 Å². The van der Waals surface area contributed by atoms with Crippen molar-refractivity contribution in [2.24, 2.45) is 0 Å². The zero-order valence-corrected chi connectivity index (χ0v) is 14.4. The highest BCUT2D eigenvalue weighted by molar-refractivity contribution is 6.02. The van der Waals surface area contributed by atoms with Crippen LogP contribution in [-0.4, -0.2) is 25.5 Å². The van der Waals surface area contributed by atoms with E-state index in [9.17, 15) is 9.59 Å². The second kappa shape index (κ2) is 9.27. The van der Waals surface area contributed by atoms with Crippen molar-refractivity contribution in [2.75, 3.05) is 19.0 Å². The lowest BCUT2D eigenvalue weighted by Gasteiger charge is -2.05. The van der Waals surface area contributed by atoms with Crippen LogP contribution in [0.25, 0.3) is 6.08 Å². The highest BCUT2D eigenvalue weighted by Crippen LogP contribution is 2.13. The summed E-state index contributed by atoms with van der Waals surface area (Å²) < 4.78 is 5.09. The Morgan fingerprint density at radius 1 is 1.04 bits per heavy atom. The maximum absolute atomic E-state index is 12.0. The van der Waals surface area contributed by atoms with Crippen LogP contribution in [0.2, 0.25) is 0 Å². The summed E-state index contributed by atoms with van der Waals surface area (Å²) in [6, 6.07) is 14.2. The summed E-state index contributed by atoms with van der Waals surface area (Å²) in [6.07, 6.45) is 4.07. The summed E-state index contributed by atoms with van der Waals surface area (Å²) in [5.74, 6) is 0.419. The summed E-state index contributed by atoms with van der Waals surface area (Å²) in [7, 11) is 1.61. The third-order valence-corrected chi connectivity index (χ3v) is 3.49. The van der Waals surface area contributed by atoms with E-state index in [2.05, 4.69) is 10.6 Å². The zero-order chi connectivity index (χ0) is 18.1. The van der Waals surface area contributed by atoms with Gasteiger partial charge in [0.2, 0.25) is 5.91 Å². The predicted octanol–water partition coefficient (Wildman–Crippen LogP) is 3.49. The van der Waals surface area contributed by atoms with Gasteiger partial charge in [-0.25, -0.2) is 0 Å². The Morgan fingerprint density at radius 2 is 1.72 bits per heavy atom. The Hall–Kier alpha value is -3.08. The van der Waals surface area contributed by atoms with Gasteiger partial charge >= 0.3 is 0 Å². The lowest BCUT2D eigenvalue weighted by atomic mass is 10.2. The maximum atomic E-state index is 12.0. The molecule has 2 aromatic rings. The van der Waals surface area contributed by atoms with Crippen molar-refractivity contribution < 1.29 is 14.3 Å². The number of ether oxygens (including phenoxy) is 1. The van der Waals surface area contributed by atoms with Crippen LogP contribution in [-0.2, 0) is 4.79 Å². The summed E-state index contributed by atoms with van der Waals surface area (Å²) in [6.45, 7) is 2.64. The molecule has 25 heavy (non-hydrogen) atoms. The van der Waals surface area contributed by atoms with E-state index in [4.69, 9.17) is 4.74 Å². The first-order valence-electron chi connectivity index (χ1n) is 8.13. The molecule has 0 unspecified atom stereocenters. The number of hydrogen-bond acceptors (Lipinski definition) is 3. The van der Waals surface area contributed by atoms with Crippen molar-refractivity contribution in [3.63, 3.8) is 0 Å². The molecule has 2 N–H and O–H groups in total. The molecule has 0 heterocycles. The van der Waals surface area contributed by atoms with Gasteiger partial charge in [-0.15, -0.1) is 0 Å². The number of anilines is 1. The van der Waals surface area contributed by atoms with Crippen LogP contribution in [0.1, 0.15) is 29.3 Å². The van der Waals surface area contributed by atoms with Crippen LogP contribution in [0.4, 0.5) is 5.69 Å². The van der Waals surface area contributed by atoms with Crippen LogP contribution in [0.15, 0.2) is 54.6 Å². The molecule has 0 aliphatic carbocycles. The van der Waals surface area contributed by atoms with E-state index in [1.165, 1.54) is 6.08 Å². The van der Waals surface area contributed by atoms with Crippen LogP contribution >= 0.6 is 0 Å². The van der Waals surface area contributed by atoms with Crippen molar-refractivity contribution >= 4 is 23.6 Å². The smallest absolute Gasteiger partial charge is 0.251 e. The minimum absolute atomic E-state index is 0.112. The van der Waals surface area contributed by atoms with Crippen molar-refractivity contribution in [1.29, 1.82) is 0 Å². The Morgan fingerprint density at radius 3 is 2.32 bits per heavy atom. The molecule has 2 aromatic carbocycles. The van der Waals surface area contributed by atoms with Gasteiger partial charge in [0, 0.05) is 23.9 Å². The third kappa shape index (κ3) is 5.80. The Bertz CT molecular complexity index is 735. The molecular formula is C20H22N2O3. The van der Waals surface area contributed by atoms with Gasteiger partial charge in [-0.1, -0.05) is 19.1 Å². The van der Waals surface area contributed by atoms with Crippen molar-refractivity contribution in [3.8, 4) is 5.75 Å². The predicted molar refractivity (Wildman–Crippen MR) is 99.7 cm³/mol. The molecule has 0 saturated carbocycles. The average molecular weight is 338 g/mol. The molecule has 0 saturated heterocycles. The van der Waals surface area contributed by atoms with Gasteiger partial charge in [0.15, 0.2) is 0 Å². The molecule has 2 amide bonds. The van der Waals surface area contributed by atoms with Gasteiger partial charge < -0.3 is 15.4 Å². The summed E-state index contributed by atoms with van der Waals surface area (Å²) in [4.78, 5) is 23.8. The van der Waals surface area contributed by atoms with Gasteiger partial charge in [0.25, 0.3) is 5.91 Å². The summed E-state index contributed by atoms with van der Waals surface area (Å²) in [5, 5.41) is 5.57. The molecule has 5 heteroatoms. The standard InChI is InChI=1S/C20H22N2O3/c1-3-14-21-20(24)16-7-9-17(10-8-16)22-19(23)13-6-15-4-11-18(25-2)12-5-15/h4-13H,3,14H2,1-2H3,(H,21,24)(H,22,23)/b13-6+. The molecule has 0 aliphatic rings. The second-order valence-corrected chi connectivity index (χ2v) is 5.43. The first kappa shape index (κ1) is 18.3. The molecule has 0 aromatic heterocycles. The average Bonchev–Trinajstić information content (AvgIpc) is 2.65. The summed E-state index contributed by atoms with van der Waals surface area (Å²) in [5.41, 5.74) is 2.11. The van der Waals surface area contributed by atoms with Gasteiger partial charge in [0.05, 0.1) is 7.11 Å². The van der Waals surface area contributed by atoms with E-state index in [1.807, 2.05) is 31.2 Å². The van der Waals surface area contributed by atoms with Gasteiger partial charge in [-0.05, 0) is 54.5 Å². The molecule has 0 bridgehead atoms. The van der Waals surface area contributed by atoms with Crippen LogP contribution < -0.4 is 15.4 Å². The molecule has 2 rings (SSSR count). The third-order valence-electron chi connectivity index (χ3n) is 3.49. The highest BCUT2D eigenvalue weighted by atomic mass is 16.5. The highest BCUT2D eigenvalue weighted by Gasteiger charge is 2.04. The zero-order valence-electron chi connectivity index (χ0n) is 14.4. The number of carbonyl (C=O) groups is 2. The fourth-order valence-electron chi connectivity index (χ4n) is 2.12. The van der Waals surface area contributed by atoms with E-state index in [0.717, 1.165) is 17.7 Å². The lowest BCUT2D eigenvalue weighted by molar-refractivity contribution is -0.111. The van der Waals surface area contributed by atoms with Crippen LogP contribution in [0, 0.1) is 0 Å². The first-order valence-corrected chi connectivity index (χ1v) is 8.13. The van der Waals surface area contributed by atoms with E-state index in [0.29, 0.717) is 17.8 Å². The monoisotopic (exact) mass is 338 g/mol. The molecule has 5 nitrogen and oxygen atoms in total. The molecule has 0 fully saturated rings.